The minimum atomic E-state index is -1.42. The van der Waals surface area contributed by atoms with Crippen LogP contribution < -0.4 is 0 Å². The Hall–Kier alpha value is -1.35. The SMILES string of the molecule is C[Si](C)(C)/C=C1/C(=O)OCc2ccccc21. The van der Waals surface area contributed by atoms with Gasteiger partial charge in [-0.1, -0.05) is 49.6 Å². The van der Waals surface area contributed by atoms with Crippen molar-refractivity contribution in [2.24, 2.45) is 0 Å². The second kappa shape index (κ2) is 3.90. The predicted molar refractivity (Wildman–Crippen MR) is 67.6 cm³/mol. The summed E-state index contributed by atoms with van der Waals surface area (Å²) >= 11 is 0. The molecule has 16 heavy (non-hydrogen) atoms. The quantitative estimate of drug-likeness (QED) is 0.423. The number of rotatable bonds is 1. The van der Waals surface area contributed by atoms with E-state index in [1.165, 1.54) is 0 Å². The highest BCUT2D eigenvalue weighted by Gasteiger charge is 2.24. The highest BCUT2D eigenvalue weighted by molar-refractivity contribution is 6.82. The van der Waals surface area contributed by atoms with Crippen LogP contribution in [-0.2, 0) is 16.1 Å². The highest BCUT2D eigenvalue weighted by Crippen LogP contribution is 2.28. The number of benzene rings is 1. The van der Waals surface area contributed by atoms with Crippen LogP contribution >= 0.6 is 0 Å². The number of ether oxygens (including phenoxy) is 1. The fourth-order valence-electron chi connectivity index (χ4n) is 1.81. The first-order valence-electron chi connectivity index (χ1n) is 5.46. The third kappa shape index (κ3) is 2.24. The van der Waals surface area contributed by atoms with Crippen LogP contribution in [0, 0.1) is 0 Å². The highest BCUT2D eigenvalue weighted by atomic mass is 28.3. The fourth-order valence-corrected chi connectivity index (χ4v) is 2.95. The van der Waals surface area contributed by atoms with Gasteiger partial charge in [0.15, 0.2) is 0 Å². The number of esters is 1. The number of hydrogen-bond donors (Lipinski definition) is 0. The molecule has 0 saturated carbocycles. The molecule has 1 aliphatic rings. The topological polar surface area (TPSA) is 26.3 Å². The van der Waals surface area contributed by atoms with E-state index in [0.717, 1.165) is 16.7 Å². The molecule has 0 N–H and O–H groups in total. The predicted octanol–water partition coefficient (Wildman–Crippen LogP) is 3.00. The maximum Gasteiger partial charge on any atom is 0.338 e. The van der Waals surface area contributed by atoms with Gasteiger partial charge in [-0.15, -0.1) is 0 Å². The standard InChI is InChI=1S/C13H16O2Si/c1-16(2,3)9-12-11-7-5-4-6-10(11)8-15-13(12)14/h4-7,9H,8H2,1-3H3/b12-9+. The van der Waals surface area contributed by atoms with Crippen LogP contribution in [0.4, 0.5) is 0 Å². The molecule has 0 atom stereocenters. The van der Waals surface area contributed by atoms with Crippen molar-refractivity contribution >= 4 is 19.6 Å². The molecule has 2 nitrogen and oxygen atoms in total. The molecule has 0 amide bonds. The van der Waals surface area contributed by atoms with Gasteiger partial charge in [0.25, 0.3) is 0 Å². The normalized spacial score (nSPS) is 18.2. The van der Waals surface area contributed by atoms with E-state index in [-0.39, 0.29) is 5.97 Å². The second-order valence-electron chi connectivity index (χ2n) is 5.16. The largest absolute Gasteiger partial charge is 0.457 e. The number of carbonyl (C=O) groups is 1. The lowest BCUT2D eigenvalue weighted by molar-refractivity contribution is -0.138. The number of fused-ring (bicyclic) bond motifs is 1. The Kier molecular flexibility index (Phi) is 2.72. The minimum absolute atomic E-state index is 0.180. The molecule has 3 heteroatoms. The minimum Gasteiger partial charge on any atom is -0.457 e. The van der Waals surface area contributed by atoms with Crippen LogP contribution in [0.25, 0.3) is 5.57 Å². The molecule has 0 bridgehead atoms. The van der Waals surface area contributed by atoms with E-state index < -0.39 is 8.07 Å². The number of carbonyl (C=O) groups excluding carboxylic acids is 1. The molecule has 0 spiro atoms. The van der Waals surface area contributed by atoms with Crippen LogP contribution in [0.5, 0.6) is 0 Å². The smallest absolute Gasteiger partial charge is 0.338 e. The van der Waals surface area contributed by atoms with Crippen molar-refractivity contribution < 1.29 is 9.53 Å². The van der Waals surface area contributed by atoms with Crippen LogP contribution in [0.3, 0.4) is 0 Å². The van der Waals surface area contributed by atoms with Gasteiger partial charge >= 0.3 is 5.97 Å². The third-order valence-corrected chi connectivity index (χ3v) is 3.62. The molecule has 1 heterocycles. The Morgan fingerprint density at radius 1 is 1.25 bits per heavy atom. The van der Waals surface area contributed by atoms with Crippen molar-refractivity contribution in [3.8, 4) is 0 Å². The molecule has 0 unspecified atom stereocenters. The van der Waals surface area contributed by atoms with Crippen molar-refractivity contribution in [1.82, 2.24) is 0 Å². The van der Waals surface area contributed by atoms with Gasteiger partial charge in [0.1, 0.15) is 6.61 Å². The van der Waals surface area contributed by atoms with Gasteiger partial charge in [0.2, 0.25) is 0 Å². The average molecular weight is 232 g/mol. The maximum atomic E-state index is 11.8. The molecule has 84 valence electrons. The second-order valence-corrected chi connectivity index (χ2v) is 10.2. The zero-order valence-corrected chi connectivity index (χ0v) is 10.9. The zero-order valence-electron chi connectivity index (χ0n) is 9.91. The average Bonchev–Trinajstić information content (AvgIpc) is 2.21. The molecule has 0 aromatic heterocycles. The summed E-state index contributed by atoms with van der Waals surface area (Å²) in [5.74, 6) is -0.180. The van der Waals surface area contributed by atoms with Gasteiger partial charge in [-0.3, -0.25) is 0 Å². The molecule has 0 aliphatic carbocycles. The lowest BCUT2D eigenvalue weighted by Crippen LogP contribution is -2.22. The molecule has 0 radical (unpaired) electrons. The summed E-state index contributed by atoms with van der Waals surface area (Å²) in [7, 11) is -1.42. The van der Waals surface area contributed by atoms with E-state index in [2.05, 4.69) is 25.3 Å². The fraction of sp³-hybridized carbons (Fsp3) is 0.308. The Balaban J connectivity index is 2.53. The first kappa shape index (κ1) is 11.1. The summed E-state index contributed by atoms with van der Waals surface area (Å²) in [5, 5.41) is 0. The monoisotopic (exact) mass is 232 g/mol. The first-order chi connectivity index (χ1) is 7.47. The van der Waals surface area contributed by atoms with Gasteiger partial charge in [-0.05, 0) is 11.1 Å². The zero-order chi connectivity index (χ0) is 11.8. The Morgan fingerprint density at radius 2 is 1.94 bits per heavy atom. The van der Waals surface area contributed by atoms with Gasteiger partial charge < -0.3 is 4.74 Å². The first-order valence-corrected chi connectivity index (χ1v) is 9.03. The molecular formula is C13H16O2Si. The van der Waals surface area contributed by atoms with E-state index in [4.69, 9.17) is 4.74 Å². The summed E-state index contributed by atoms with van der Waals surface area (Å²) in [6.07, 6.45) is 0. The maximum absolute atomic E-state index is 11.8. The Bertz CT molecular complexity index is 455. The van der Waals surface area contributed by atoms with Crippen molar-refractivity contribution in [2.45, 2.75) is 26.2 Å². The van der Waals surface area contributed by atoms with Gasteiger partial charge in [0.05, 0.1) is 13.6 Å². The Morgan fingerprint density at radius 3 is 2.62 bits per heavy atom. The van der Waals surface area contributed by atoms with Gasteiger partial charge in [-0.2, -0.15) is 0 Å². The summed E-state index contributed by atoms with van der Waals surface area (Å²) < 4.78 is 5.18. The summed E-state index contributed by atoms with van der Waals surface area (Å²) in [4.78, 5) is 11.8. The van der Waals surface area contributed by atoms with E-state index in [9.17, 15) is 4.79 Å². The van der Waals surface area contributed by atoms with E-state index in [1.54, 1.807) is 0 Å². The third-order valence-electron chi connectivity index (χ3n) is 2.46. The molecule has 1 aliphatic heterocycles. The van der Waals surface area contributed by atoms with E-state index >= 15 is 0 Å². The van der Waals surface area contributed by atoms with Crippen molar-refractivity contribution in [3.05, 3.63) is 41.1 Å². The van der Waals surface area contributed by atoms with Gasteiger partial charge in [0, 0.05) is 0 Å². The van der Waals surface area contributed by atoms with Crippen molar-refractivity contribution in [1.29, 1.82) is 0 Å². The molecule has 0 saturated heterocycles. The lowest BCUT2D eigenvalue weighted by Gasteiger charge is -2.21. The Labute approximate surface area is 96.9 Å². The molecule has 1 aromatic carbocycles. The summed E-state index contributed by atoms with van der Waals surface area (Å²) in [5.41, 5.74) is 5.02. The van der Waals surface area contributed by atoms with Crippen LogP contribution in [0.1, 0.15) is 11.1 Å². The van der Waals surface area contributed by atoms with Crippen molar-refractivity contribution in [2.75, 3.05) is 0 Å². The molecule has 0 fully saturated rings. The number of cyclic esters (lactones) is 1. The van der Waals surface area contributed by atoms with E-state index in [1.807, 2.05) is 24.3 Å². The van der Waals surface area contributed by atoms with Crippen LogP contribution in [0.2, 0.25) is 19.6 Å². The van der Waals surface area contributed by atoms with E-state index in [0.29, 0.717) is 6.61 Å². The van der Waals surface area contributed by atoms with Crippen molar-refractivity contribution in [3.63, 3.8) is 0 Å². The van der Waals surface area contributed by atoms with Gasteiger partial charge in [-0.25, -0.2) is 4.79 Å². The number of hydrogen-bond acceptors (Lipinski definition) is 2. The summed E-state index contributed by atoms with van der Waals surface area (Å²) in [6.45, 7) is 7.04. The van der Waals surface area contributed by atoms with Crippen LogP contribution in [0.15, 0.2) is 30.0 Å². The molecular weight excluding hydrogens is 216 g/mol. The van der Waals surface area contributed by atoms with Crippen LogP contribution in [-0.4, -0.2) is 14.0 Å². The lowest BCUT2D eigenvalue weighted by atomic mass is 9.99. The molecule has 1 aromatic rings. The summed E-state index contributed by atoms with van der Waals surface area (Å²) in [6, 6.07) is 7.96. The molecule has 2 rings (SSSR count).